The number of fused-ring (bicyclic) bond motifs is 4. The largest absolute Gasteiger partial charge is 0.0885 e. The summed E-state index contributed by atoms with van der Waals surface area (Å²) in [5.74, 6) is 0.647. The summed E-state index contributed by atoms with van der Waals surface area (Å²) in [6.45, 7) is 4.77. The van der Waals surface area contributed by atoms with Gasteiger partial charge < -0.3 is 0 Å². The highest BCUT2D eigenvalue weighted by molar-refractivity contribution is 5.89. The monoisotopic (exact) mass is 476 g/mol. The molecule has 0 amide bonds. The van der Waals surface area contributed by atoms with Gasteiger partial charge in [0.15, 0.2) is 0 Å². The molecule has 180 valence electrons. The van der Waals surface area contributed by atoms with Crippen molar-refractivity contribution in [2.24, 2.45) is 0 Å². The topological polar surface area (TPSA) is 0 Å². The second-order valence-corrected chi connectivity index (χ2v) is 11.3. The van der Waals surface area contributed by atoms with E-state index in [0.717, 1.165) is 6.42 Å². The van der Waals surface area contributed by atoms with Gasteiger partial charge >= 0.3 is 0 Å². The fourth-order valence-corrected chi connectivity index (χ4v) is 6.53. The van der Waals surface area contributed by atoms with E-state index in [1.54, 1.807) is 0 Å². The van der Waals surface area contributed by atoms with Crippen molar-refractivity contribution >= 4 is 10.8 Å². The zero-order chi connectivity index (χ0) is 25.0. The van der Waals surface area contributed by atoms with Crippen molar-refractivity contribution in [2.75, 3.05) is 0 Å². The van der Waals surface area contributed by atoms with E-state index in [2.05, 4.69) is 129 Å². The molecule has 7 rings (SSSR count). The Hall–Kier alpha value is -3.90. The van der Waals surface area contributed by atoms with Gasteiger partial charge in [0.25, 0.3) is 0 Å². The van der Waals surface area contributed by atoms with E-state index in [-0.39, 0.29) is 5.41 Å². The lowest BCUT2D eigenvalue weighted by atomic mass is 9.80. The Morgan fingerprint density at radius 2 is 1.22 bits per heavy atom. The van der Waals surface area contributed by atoms with Crippen LogP contribution in [-0.4, -0.2) is 0 Å². The quantitative estimate of drug-likeness (QED) is 0.227. The zero-order valence-electron chi connectivity index (χ0n) is 21.7. The van der Waals surface area contributed by atoms with Crippen LogP contribution in [0.25, 0.3) is 44.2 Å². The molecular formula is C37H32. The van der Waals surface area contributed by atoms with Crippen LogP contribution >= 0.6 is 0 Å². The molecule has 0 spiro atoms. The Morgan fingerprint density at radius 3 is 1.92 bits per heavy atom. The summed E-state index contributed by atoms with van der Waals surface area (Å²) in [7, 11) is 0. The summed E-state index contributed by atoms with van der Waals surface area (Å²) in [4.78, 5) is 0. The maximum absolute atomic E-state index is 2.45. The van der Waals surface area contributed by atoms with Gasteiger partial charge in [0, 0.05) is 5.41 Å². The first-order chi connectivity index (χ1) is 18.1. The highest BCUT2D eigenvalue weighted by Crippen LogP contribution is 2.50. The molecule has 0 aromatic heterocycles. The van der Waals surface area contributed by atoms with Crippen molar-refractivity contribution in [1.29, 1.82) is 0 Å². The molecule has 0 aliphatic heterocycles. The number of hydrogen-bond acceptors (Lipinski definition) is 0. The normalized spacial score (nSPS) is 17.5. The molecule has 0 heterocycles. The minimum atomic E-state index is -0.0424. The molecule has 0 fully saturated rings. The molecule has 2 aliphatic carbocycles. The summed E-state index contributed by atoms with van der Waals surface area (Å²) in [5, 5.41) is 2.58. The first kappa shape index (κ1) is 22.3. The third kappa shape index (κ3) is 3.75. The lowest BCUT2D eigenvalue weighted by Gasteiger charge is -2.23. The Bertz CT molecular complexity index is 1680. The van der Waals surface area contributed by atoms with E-state index in [9.17, 15) is 0 Å². The Morgan fingerprint density at radius 1 is 0.568 bits per heavy atom. The Labute approximate surface area is 220 Å². The van der Waals surface area contributed by atoms with Gasteiger partial charge in [-0.1, -0.05) is 111 Å². The van der Waals surface area contributed by atoms with E-state index in [0.29, 0.717) is 5.92 Å². The van der Waals surface area contributed by atoms with Crippen molar-refractivity contribution in [1.82, 2.24) is 0 Å². The molecule has 1 atom stereocenters. The van der Waals surface area contributed by atoms with Gasteiger partial charge in [-0.25, -0.2) is 0 Å². The van der Waals surface area contributed by atoms with Gasteiger partial charge in [-0.2, -0.15) is 0 Å². The van der Waals surface area contributed by atoms with Crippen LogP contribution in [0.15, 0.2) is 115 Å². The number of benzene rings is 5. The maximum atomic E-state index is 2.45. The van der Waals surface area contributed by atoms with Gasteiger partial charge in [0.1, 0.15) is 0 Å². The second kappa shape index (κ2) is 8.60. The van der Waals surface area contributed by atoms with Crippen molar-refractivity contribution in [3.8, 4) is 33.4 Å². The van der Waals surface area contributed by atoms with Crippen LogP contribution in [0.3, 0.4) is 0 Å². The van der Waals surface area contributed by atoms with Crippen molar-refractivity contribution in [3.05, 3.63) is 132 Å². The first-order valence-electron chi connectivity index (χ1n) is 13.6. The van der Waals surface area contributed by atoms with Gasteiger partial charge in [-0.05, 0) is 104 Å². The van der Waals surface area contributed by atoms with Gasteiger partial charge in [-0.3, -0.25) is 0 Å². The van der Waals surface area contributed by atoms with E-state index in [1.807, 2.05) is 0 Å². The van der Waals surface area contributed by atoms with Crippen LogP contribution in [0.5, 0.6) is 0 Å². The minimum Gasteiger partial charge on any atom is -0.0885 e. The third-order valence-corrected chi connectivity index (χ3v) is 8.72. The summed E-state index contributed by atoms with van der Waals surface area (Å²) in [6, 6.07) is 38.9. The van der Waals surface area contributed by atoms with Crippen LogP contribution in [0.4, 0.5) is 0 Å². The summed E-state index contributed by atoms with van der Waals surface area (Å²) >= 11 is 0. The van der Waals surface area contributed by atoms with E-state index < -0.39 is 0 Å². The molecule has 0 N–H and O–H groups in total. The molecule has 1 unspecified atom stereocenters. The molecule has 0 saturated heterocycles. The molecule has 0 saturated carbocycles. The summed E-state index contributed by atoms with van der Waals surface area (Å²) < 4.78 is 0. The van der Waals surface area contributed by atoms with Crippen LogP contribution < -0.4 is 0 Å². The lowest BCUT2D eigenvalue weighted by molar-refractivity contribution is 0.617. The maximum Gasteiger partial charge on any atom is 0.0159 e. The highest BCUT2D eigenvalue weighted by atomic mass is 14.4. The van der Waals surface area contributed by atoms with Crippen molar-refractivity contribution in [3.63, 3.8) is 0 Å². The Balaban J connectivity index is 1.27. The fourth-order valence-electron chi connectivity index (χ4n) is 6.53. The van der Waals surface area contributed by atoms with Gasteiger partial charge in [0.2, 0.25) is 0 Å². The number of hydrogen-bond donors (Lipinski definition) is 0. The third-order valence-electron chi connectivity index (χ3n) is 8.72. The molecule has 5 aromatic rings. The molecule has 5 aromatic carbocycles. The van der Waals surface area contributed by atoms with Crippen LogP contribution in [-0.2, 0) is 5.41 Å². The predicted molar refractivity (Wildman–Crippen MR) is 158 cm³/mol. The highest BCUT2D eigenvalue weighted by Gasteiger charge is 2.35. The summed E-state index contributed by atoms with van der Waals surface area (Å²) in [5.41, 5.74) is 12.3. The molecule has 0 heteroatoms. The van der Waals surface area contributed by atoms with Gasteiger partial charge in [-0.15, -0.1) is 0 Å². The molecular weight excluding hydrogens is 444 g/mol. The van der Waals surface area contributed by atoms with Crippen LogP contribution in [0.2, 0.25) is 0 Å². The van der Waals surface area contributed by atoms with E-state index in [4.69, 9.17) is 0 Å². The second-order valence-electron chi connectivity index (χ2n) is 11.3. The summed E-state index contributed by atoms with van der Waals surface area (Å²) in [6.07, 6.45) is 8.29. The SMILES string of the molecule is CC1(C)c2cc(-c3cccc(C4CC=CCC4)c3)ccc2-c2ccc(-c3ccc4ccccc4c3)cc21. The average molecular weight is 477 g/mol. The fraction of sp³-hybridized carbons (Fsp3) is 0.189. The standard InChI is InChI=1S/C37H32/c1-37(2)35-23-31(29-14-8-13-28(21-29)25-9-4-3-5-10-25)17-19-33(35)34-20-18-32(24-36(34)37)30-16-15-26-11-6-7-12-27(26)22-30/h3-4,6-8,11-25H,5,9-10H2,1-2H3. The molecule has 0 bridgehead atoms. The first-order valence-corrected chi connectivity index (χ1v) is 13.6. The lowest BCUT2D eigenvalue weighted by Crippen LogP contribution is -2.15. The molecule has 2 aliphatic rings. The van der Waals surface area contributed by atoms with Crippen molar-refractivity contribution in [2.45, 2.75) is 44.4 Å². The minimum absolute atomic E-state index is 0.0424. The average Bonchev–Trinajstić information content (AvgIpc) is 3.19. The van der Waals surface area contributed by atoms with E-state index in [1.165, 1.54) is 73.7 Å². The smallest absolute Gasteiger partial charge is 0.0159 e. The van der Waals surface area contributed by atoms with E-state index >= 15 is 0 Å². The Kier molecular flexibility index (Phi) is 5.18. The number of rotatable bonds is 3. The molecule has 0 nitrogen and oxygen atoms in total. The van der Waals surface area contributed by atoms with Crippen LogP contribution in [0.1, 0.15) is 55.7 Å². The zero-order valence-corrected chi connectivity index (χ0v) is 21.7. The number of allylic oxidation sites excluding steroid dienone is 2. The molecule has 37 heavy (non-hydrogen) atoms. The van der Waals surface area contributed by atoms with Gasteiger partial charge in [0.05, 0.1) is 0 Å². The van der Waals surface area contributed by atoms with Crippen molar-refractivity contribution < 1.29 is 0 Å². The predicted octanol–water partition coefficient (Wildman–Crippen LogP) is 10.3. The van der Waals surface area contributed by atoms with Crippen LogP contribution in [0, 0.1) is 0 Å². The molecule has 0 radical (unpaired) electrons.